The van der Waals surface area contributed by atoms with E-state index in [1.54, 1.807) is 12.4 Å². The van der Waals surface area contributed by atoms with Gasteiger partial charge in [-0.3, -0.25) is 9.98 Å². The first-order valence-corrected chi connectivity index (χ1v) is 9.63. The summed E-state index contributed by atoms with van der Waals surface area (Å²) in [5.74, 6) is 2.62. The molecule has 2 aromatic heterocycles. The molecule has 1 fully saturated rings. The SMILES string of the molecule is CCc1nsc(N2CCN(C(=NC)NCCOc3cccnc3)CC2)n1. The summed E-state index contributed by atoms with van der Waals surface area (Å²) in [4.78, 5) is 17.6. The number of nitrogens with zero attached hydrogens (tertiary/aromatic N) is 6. The molecule has 0 amide bonds. The Morgan fingerprint density at radius 1 is 1.35 bits per heavy atom. The van der Waals surface area contributed by atoms with Crippen LogP contribution in [0.3, 0.4) is 0 Å². The fourth-order valence-corrected chi connectivity index (χ4v) is 3.52. The number of nitrogens with one attached hydrogen (secondary N) is 1. The highest BCUT2D eigenvalue weighted by Gasteiger charge is 2.21. The molecule has 0 aromatic carbocycles. The van der Waals surface area contributed by atoms with E-state index in [-0.39, 0.29) is 0 Å². The monoisotopic (exact) mass is 375 g/mol. The summed E-state index contributed by atoms with van der Waals surface area (Å²) in [6.45, 7) is 7.00. The lowest BCUT2D eigenvalue weighted by Gasteiger charge is -2.36. The Hall–Kier alpha value is -2.42. The van der Waals surface area contributed by atoms with Gasteiger partial charge in [-0.2, -0.15) is 4.37 Å². The van der Waals surface area contributed by atoms with E-state index in [0.717, 1.165) is 55.3 Å². The maximum atomic E-state index is 5.66. The van der Waals surface area contributed by atoms with Gasteiger partial charge in [-0.05, 0) is 12.1 Å². The van der Waals surface area contributed by atoms with Crippen LogP contribution in [-0.4, -0.2) is 71.6 Å². The second-order valence-corrected chi connectivity index (χ2v) is 6.56. The second-order valence-electron chi connectivity index (χ2n) is 5.83. The molecule has 9 heteroatoms. The normalized spacial score (nSPS) is 15.2. The largest absolute Gasteiger partial charge is 0.490 e. The van der Waals surface area contributed by atoms with Gasteiger partial charge in [0.25, 0.3) is 0 Å². The molecule has 3 rings (SSSR count). The molecule has 0 atom stereocenters. The third kappa shape index (κ3) is 4.81. The zero-order valence-electron chi connectivity index (χ0n) is 15.3. The van der Waals surface area contributed by atoms with Gasteiger partial charge in [0.2, 0.25) is 5.13 Å². The molecule has 0 aliphatic carbocycles. The van der Waals surface area contributed by atoms with Gasteiger partial charge in [0.15, 0.2) is 5.96 Å². The van der Waals surface area contributed by atoms with Gasteiger partial charge in [-0.15, -0.1) is 0 Å². The van der Waals surface area contributed by atoms with Gasteiger partial charge in [0.1, 0.15) is 18.2 Å². The minimum atomic E-state index is 0.565. The van der Waals surface area contributed by atoms with Gasteiger partial charge in [0, 0.05) is 57.4 Å². The lowest BCUT2D eigenvalue weighted by molar-refractivity contribution is 0.314. The van der Waals surface area contributed by atoms with E-state index in [1.165, 1.54) is 11.5 Å². The van der Waals surface area contributed by atoms with E-state index >= 15 is 0 Å². The summed E-state index contributed by atoms with van der Waals surface area (Å²) >= 11 is 1.49. The Morgan fingerprint density at radius 2 is 2.19 bits per heavy atom. The minimum absolute atomic E-state index is 0.565. The number of rotatable bonds is 6. The van der Waals surface area contributed by atoms with E-state index in [2.05, 4.69) is 41.4 Å². The van der Waals surface area contributed by atoms with Crippen LogP contribution in [0.4, 0.5) is 5.13 Å². The summed E-state index contributed by atoms with van der Waals surface area (Å²) in [5.41, 5.74) is 0. The number of pyridine rings is 1. The van der Waals surface area contributed by atoms with Crippen molar-refractivity contribution < 1.29 is 4.74 Å². The van der Waals surface area contributed by atoms with Crippen LogP contribution < -0.4 is 15.0 Å². The van der Waals surface area contributed by atoms with E-state index in [0.29, 0.717) is 13.2 Å². The maximum Gasteiger partial charge on any atom is 0.205 e. The first kappa shape index (κ1) is 18.4. The smallest absolute Gasteiger partial charge is 0.205 e. The lowest BCUT2D eigenvalue weighted by atomic mass is 10.3. The summed E-state index contributed by atoms with van der Waals surface area (Å²) in [7, 11) is 1.81. The van der Waals surface area contributed by atoms with Gasteiger partial charge in [-0.1, -0.05) is 6.92 Å². The van der Waals surface area contributed by atoms with Gasteiger partial charge >= 0.3 is 0 Å². The predicted molar refractivity (Wildman–Crippen MR) is 104 cm³/mol. The number of guanidine groups is 1. The Labute approximate surface area is 158 Å². The highest BCUT2D eigenvalue weighted by Crippen LogP contribution is 2.19. The molecule has 0 saturated carbocycles. The first-order valence-electron chi connectivity index (χ1n) is 8.86. The van der Waals surface area contributed by atoms with Gasteiger partial charge < -0.3 is 19.9 Å². The molecule has 1 aliphatic rings. The molecule has 0 spiro atoms. The lowest BCUT2D eigenvalue weighted by Crippen LogP contribution is -2.53. The maximum absolute atomic E-state index is 5.66. The number of hydrogen-bond acceptors (Lipinski definition) is 7. The molecule has 3 heterocycles. The molecule has 0 unspecified atom stereocenters. The summed E-state index contributed by atoms with van der Waals surface area (Å²) in [6, 6.07) is 3.76. The number of aromatic nitrogens is 3. The van der Waals surface area contributed by atoms with Crippen LogP contribution in [-0.2, 0) is 6.42 Å². The average molecular weight is 376 g/mol. The Balaban J connectivity index is 1.42. The third-order valence-corrected chi connectivity index (χ3v) is 4.94. The van der Waals surface area contributed by atoms with Crippen molar-refractivity contribution in [3.05, 3.63) is 30.4 Å². The molecular formula is C17H25N7OS. The van der Waals surface area contributed by atoms with Crippen LogP contribution in [0.2, 0.25) is 0 Å². The molecule has 0 radical (unpaired) electrons. The molecule has 0 bridgehead atoms. The van der Waals surface area contributed by atoms with Crippen molar-refractivity contribution >= 4 is 22.6 Å². The summed E-state index contributed by atoms with van der Waals surface area (Å²) in [6.07, 6.45) is 4.33. The van der Waals surface area contributed by atoms with Crippen molar-refractivity contribution in [2.75, 3.05) is 51.3 Å². The molecule has 8 nitrogen and oxygen atoms in total. The van der Waals surface area contributed by atoms with Crippen molar-refractivity contribution in [3.63, 3.8) is 0 Å². The van der Waals surface area contributed by atoms with Crippen LogP contribution in [0.25, 0.3) is 0 Å². The highest BCUT2D eigenvalue weighted by molar-refractivity contribution is 7.09. The van der Waals surface area contributed by atoms with E-state index < -0.39 is 0 Å². The number of piperazine rings is 1. The number of ether oxygens (including phenoxy) is 1. The van der Waals surface area contributed by atoms with Crippen LogP contribution >= 0.6 is 11.5 Å². The van der Waals surface area contributed by atoms with Crippen LogP contribution in [0.15, 0.2) is 29.5 Å². The van der Waals surface area contributed by atoms with Crippen molar-refractivity contribution in [2.45, 2.75) is 13.3 Å². The van der Waals surface area contributed by atoms with Crippen molar-refractivity contribution in [3.8, 4) is 5.75 Å². The molecule has 1 aliphatic heterocycles. The fraction of sp³-hybridized carbons (Fsp3) is 0.529. The van der Waals surface area contributed by atoms with Gasteiger partial charge in [-0.25, -0.2) is 4.98 Å². The standard InChI is InChI=1S/C17H25N7OS/c1-3-15-21-17(26-22-15)24-10-8-23(9-11-24)16(18-2)20-7-12-25-14-5-4-6-19-13-14/h4-6,13H,3,7-12H2,1-2H3,(H,18,20). The Kier molecular flexibility index (Phi) is 6.59. The molecule has 26 heavy (non-hydrogen) atoms. The molecule has 2 aromatic rings. The summed E-state index contributed by atoms with van der Waals surface area (Å²) in [5, 5.41) is 4.39. The second kappa shape index (κ2) is 9.33. The predicted octanol–water partition coefficient (Wildman–Crippen LogP) is 1.27. The molecule has 1 N–H and O–H groups in total. The van der Waals surface area contributed by atoms with Crippen molar-refractivity contribution in [2.24, 2.45) is 4.99 Å². The zero-order valence-corrected chi connectivity index (χ0v) is 16.1. The minimum Gasteiger partial charge on any atom is -0.490 e. The first-order chi connectivity index (χ1) is 12.8. The Morgan fingerprint density at radius 3 is 2.85 bits per heavy atom. The third-order valence-electron chi connectivity index (χ3n) is 4.12. The quantitative estimate of drug-likeness (QED) is 0.463. The molecule has 1 saturated heterocycles. The van der Waals surface area contributed by atoms with Gasteiger partial charge in [0.05, 0.1) is 12.7 Å². The Bertz CT molecular complexity index is 698. The number of anilines is 1. The molecule has 140 valence electrons. The van der Waals surface area contributed by atoms with Crippen LogP contribution in [0, 0.1) is 0 Å². The van der Waals surface area contributed by atoms with E-state index in [4.69, 9.17) is 4.74 Å². The topological polar surface area (TPSA) is 78.8 Å². The van der Waals surface area contributed by atoms with Crippen molar-refractivity contribution in [1.82, 2.24) is 24.6 Å². The van der Waals surface area contributed by atoms with Crippen LogP contribution in [0.1, 0.15) is 12.7 Å². The highest BCUT2D eigenvalue weighted by atomic mass is 32.1. The summed E-state index contributed by atoms with van der Waals surface area (Å²) < 4.78 is 10.0. The van der Waals surface area contributed by atoms with Crippen molar-refractivity contribution in [1.29, 1.82) is 0 Å². The fourth-order valence-electron chi connectivity index (χ4n) is 2.72. The molecular weight excluding hydrogens is 350 g/mol. The van der Waals surface area contributed by atoms with E-state index in [9.17, 15) is 0 Å². The number of aliphatic imine (C=N–C) groups is 1. The van der Waals surface area contributed by atoms with Crippen LogP contribution in [0.5, 0.6) is 5.75 Å². The number of aryl methyl sites for hydroxylation is 1. The average Bonchev–Trinajstić information content (AvgIpc) is 3.18. The van der Waals surface area contributed by atoms with E-state index in [1.807, 2.05) is 19.2 Å². The number of hydrogen-bond donors (Lipinski definition) is 1. The zero-order chi connectivity index (χ0) is 18.2.